The van der Waals surface area contributed by atoms with Crippen molar-refractivity contribution in [2.45, 2.75) is 63.5 Å². The predicted octanol–water partition coefficient (Wildman–Crippen LogP) is 2.90. The van der Waals surface area contributed by atoms with Gasteiger partial charge in [-0.3, -0.25) is 9.59 Å². The van der Waals surface area contributed by atoms with Crippen LogP contribution in [0.1, 0.15) is 51.9 Å². The molecule has 1 saturated carbocycles. The highest BCUT2D eigenvalue weighted by atomic mass is 16.5. The summed E-state index contributed by atoms with van der Waals surface area (Å²) in [6.45, 7) is 2.71. The van der Waals surface area contributed by atoms with Crippen LogP contribution in [-0.2, 0) is 9.59 Å². The number of para-hydroxylation sites is 1. The first kappa shape index (κ1) is 17.8. The molecular formula is C20H28N2O3. The lowest BCUT2D eigenvalue weighted by molar-refractivity contribution is -0.141. The van der Waals surface area contributed by atoms with E-state index < -0.39 is 5.54 Å². The Balaban J connectivity index is 1.58. The third-order valence-corrected chi connectivity index (χ3v) is 5.48. The predicted molar refractivity (Wildman–Crippen MR) is 96.3 cm³/mol. The van der Waals surface area contributed by atoms with Crippen LogP contribution in [0, 0.1) is 0 Å². The lowest BCUT2D eigenvalue weighted by Crippen LogP contribution is -2.57. The molecule has 0 bridgehead atoms. The third kappa shape index (κ3) is 4.14. The minimum absolute atomic E-state index is 0.00930. The van der Waals surface area contributed by atoms with Gasteiger partial charge in [0.2, 0.25) is 11.8 Å². The molecule has 1 saturated heterocycles. The maximum atomic E-state index is 12.9. The fourth-order valence-electron chi connectivity index (χ4n) is 3.86. The van der Waals surface area contributed by atoms with E-state index in [0.29, 0.717) is 26.0 Å². The van der Waals surface area contributed by atoms with E-state index in [2.05, 4.69) is 5.32 Å². The number of ether oxygens (including phenoxy) is 1. The highest BCUT2D eigenvalue weighted by Gasteiger charge is 2.47. The minimum Gasteiger partial charge on any atom is -0.492 e. The lowest BCUT2D eigenvalue weighted by atomic mass is 9.92. The third-order valence-electron chi connectivity index (χ3n) is 5.48. The van der Waals surface area contributed by atoms with Gasteiger partial charge in [0.15, 0.2) is 0 Å². The summed E-state index contributed by atoms with van der Waals surface area (Å²) in [6.07, 6.45) is 6.71. The molecule has 25 heavy (non-hydrogen) atoms. The van der Waals surface area contributed by atoms with Gasteiger partial charge in [-0.2, -0.15) is 0 Å². The number of amides is 2. The number of rotatable bonds is 6. The molecule has 1 atom stereocenters. The van der Waals surface area contributed by atoms with E-state index >= 15 is 0 Å². The fraction of sp³-hybridized carbons (Fsp3) is 0.600. The standard InChI is InChI=1S/C20H28N2O3/c1-20(19(24)21-16-8-4-2-5-9-16)13-12-18(23)22(20)14-15-25-17-10-6-3-7-11-17/h3,6-7,10-11,16H,2,4-5,8-9,12-15H2,1H3,(H,21,24). The molecule has 0 spiro atoms. The average Bonchev–Trinajstić information content (AvgIpc) is 2.93. The first-order valence-electron chi connectivity index (χ1n) is 9.39. The zero-order valence-electron chi connectivity index (χ0n) is 15.0. The van der Waals surface area contributed by atoms with Crippen LogP contribution in [0.25, 0.3) is 0 Å². The fourth-order valence-corrected chi connectivity index (χ4v) is 3.86. The molecule has 3 rings (SSSR count). The van der Waals surface area contributed by atoms with Gasteiger partial charge in [0.05, 0.1) is 6.54 Å². The first-order chi connectivity index (χ1) is 12.1. The molecule has 1 unspecified atom stereocenters. The Morgan fingerprint density at radius 1 is 1.24 bits per heavy atom. The van der Waals surface area contributed by atoms with Gasteiger partial charge < -0.3 is 15.0 Å². The molecule has 5 heteroatoms. The van der Waals surface area contributed by atoms with Gasteiger partial charge in [0.1, 0.15) is 17.9 Å². The second kappa shape index (κ2) is 7.89. The van der Waals surface area contributed by atoms with Crippen molar-refractivity contribution in [1.29, 1.82) is 0 Å². The molecule has 1 aromatic carbocycles. The summed E-state index contributed by atoms with van der Waals surface area (Å²) in [4.78, 5) is 26.9. The van der Waals surface area contributed by atoms with Crippen LogP contribution in [0.15, 0.2) is 30.3 Å². The first-order valence-corrected chi connectivity index (χ1v) is 9.39. The molecule has 2 aliphatic rings. The summed E-state index contributed by atoms with van der Waals surface area (Å²) in [5, 5.41) is 3.19. The van der Waals surface area contributed by atoms with Crippen molar-refractivity contribution in [3.05, 3.63) is 30.3 Å². The Bertz CT molecular complexity index is 598. The number of carbonyl (C=O) groups excluding carboxylic acids is 2. The average molecular weight is 344 g/mol. The summed E-state index contributed by atoms with van der Waals surface area (Å²) in [7, 11) is 0. The number of nitrogens with zero attached hydrogens (tertiary/aromatic N) is 1. The van der Waals surface area contributed by atoms with Gasteiger partial charge in [-0.1, -0.05) is 37.5 Å². The van der Waals surface area contributed by atoms with Crippen molar-refractivity contribution in [3.8, 4) is 5.75 Å². The van der Waals surface area contributed by atoms with Gasteiger partial charge >= 0.3 is 0 Å². The summed E-state index contributed by atoms with van der Waals surface area (Å²) in [5.41, 5.74) is -0.755. The number of hydrogen-bond donors (Lipinski definition) is 1. The van der Waals surface area contributed by atoms with Crippen molar-refractivity contribution < 1.29 is 14.3 Å². The van der Waals surface area contributed by atoms with Crippen molar-refractivity contribution in [1.82, 2.24) is 10.2 Å². The van der Waals surface area contributed by atoms with Crippen molar-refractivity contribution in [2.24, 2.45) is 0 Å². The molecule has 0 aromatic heterocycles. The second-order valence-corrected chi connectivity index (χ2v) is 7.29. The maximum absolute atomic E-state index is 12.9. The van der Waals surface area contributed by atoms with Crippen LogP contribution < -0.4 is 10.1 Å². The lowest BCUT2D eigenvalue weighted by Gasteiger charge is -2.36. The van der Waals surface area contributed by atoms with Crippen molar-refractivity contribution in [2.75, 3.05) is 13.2 Å². The van der Waals surface area contributed by atoms with Crippen LogP contribution in [0.3, 0.4) is 0 Å². The molecule has 1 aliphatic carbocycles. The normalized spacial score (nSPS) is 24.4. The molecule has 1 aliphatic heterocycles. The van der Waals surface area contributed by atoms with Gasteiger partial charge in [-0.05, 0) is 38.3 Å². The summed E-state index contributed by atoms with van der Waals surface area (Å²) in [5.74, 6) is 0.811. The minimum atomic E-state index is -0.755. The van der Waals surface area contributed by atoms with Crippen molar-refractivity contribution >= 4 is 11.8 Å². The number of likely N-dealkylation sites (tertiary alicyclic amines) is 1. The quantitative estimate of drug-likeness (QED) is 0.863. The Labute approximate surface area is 149 Å². The Morgan fingerprint density at radius 3 is 2.68 bits per heavy atom. The van der Waals surface area contributed by atoms with E-state index in [0.717, 1.165) is 18.6 Å². The van der Waals surface area contributed by atoms with Gasteiger partial charge in [-0.25, -0.2) is 0 Å². The zero-order chi connectivity index (χ0) is 17.7. The van der Waals surface area contributed by atoms with Crippen LogP contribution in [0.5, 0.6) is 5.75 Å². The van der Waals surface area contributed by atoms with Crippen LogP contribution >= 0.6 is 0 Å². The van der Waals surface area contributed by atoms with Gasteiger partial charge in [0, 0.05) is 12.5 Å². The zero-order valence-corrected chi connectivity index (χ0v) is 15.0. The topological polar surface area (TPSA) is 58.6 Å². The molecule has 1 aromatic rings. The van der Waals surface area contributed by atoms with E-state index in [1.165, 1.54) is 19.3 Å². The van der Waals surface area contributed by atoms with Crippen LogP contribution in [0.4, 0.5) is 0 Å². The van der Waals surface area contributed by atoms with E-state index in [1.54, 1.807) is 4.90 Å². The molecular weight excluding hydrogens is 316 g/mol. The number of nitrogens with one attached hydrogen (secondary N) is 1. The highest BCUT2D eigenvalue weighted by molar-refractivity contribution is 5.94. The smallest absolute Gasteiger partial charge is 0.245 e. The largest absolute Gasteiger partial charge is 0.492 e. The summed E-state index contributed by atoms with van der Waals surface area (Å²) in [6, 6.07) is 9.80. The summed E-state index contributed by atoms with van der Waals surface area (Å²) < 4.78 is 5.71. The molecule has 0 radical (unpaired) electrons. The number of benzene rings is 1. The highest BCUT2D eigenvalue weighted by Crippen LogP contribution is 2.31. The van der Waals surface area contributed by atoms with Crippen molar-refractivity contribution in [3.63, 3.8) is 0 Å². The SMILES string of the molecule is CC1(C(=O)NC2CCCCC2)CCC(=O)N1CCOc1ccccc1. The van der Waals surface area contributed by atoms with E-state index in [4.69, 9.17) is 4.74 Å². The maximum Gasteiger partial charge on any atom is 0.245 e. The second-order valence-electron chi connectivity index (χ2n) is 7.29. The Kier molecular flexibility index (Phi) is 5.61. The van der Waals surface area contributed by atoms with Gasteiger partial charge in [0.25, 0.3) is 0 Å². The molecule has 136 valence electrons. The molecule has 2 fully saturated rings. The Hall–Kier alpha value is -2.04. The van der Waals surface area contributed by atoms with Gasteiger partial charge in [-0.15, -0.1) is 0 Å². The number of hydrogen-bond acceptors (Lipinski definition) is 3. The van der Waals surface area contributed by atoms with Crippen LogP contribution in [-0.4, -0.2) is 41.4 Å². The van der Waals surface area contributed by atoms with E-state index in [-0.39, 0.29) is 17.9 Å². The summed E-state index contributed by atoms with van der Waals surface area (Å²) >= 11 is 0. The molecule has 5 nitrogen and oxygen atoms in total. The van der Waals surface area contributed by atoms with E-state index in [1.807, 2.05) is 37.3 Å². The Morgan fingerprint density at radius 2 is 1.96 bits per heavy atom. The molecule has 1 N–H and O–H groups in total. The monoisotopic (exact) mass is 344 g/mol. The molecule has 1 heterocycles. The molecule has 2 amide bonds. The van der Waals surface area contributed by atoms with E-state index in [9.17, 15) is 9.59 Å². The van der Waals surface area contributed by atoms with Crippen LogP contribution in [0.2, 0.25) is 0 Å². The number of carbonyl (C=O) groups is 2.